The summed E-state index contributed by atoms with van der Waals surface area (Å²) in [6, 6.07) is 14.2. The summed E-state index contributed by atoms with van der Waals surface area (Å²) in [5, 5.41) is 11.8. The maximum Gasteiger partial charge on any atom is 0.301 e. The van der Waals surface area contributed by atoms with E-state index in [-0.39, 0.29) is 21.9 Å². The summed E-state index contributed by atoms with van der Waals surface area (Å²) in [4.78, 5) is 36.9. The number of Topliss-reactive ketones (excluding diaryl/α,β-unsaturated/α-hetero) is 1. The number of methoxy groups -OCH3 is 1. The topological polar surface area (TPSA) is 102 Å². The van der Waals surface area contributed by atoms with Gasteiger partial charge in [0.1, 0.15) is 23.3 Å². The number of ether oxygens (including phenoxy) is 2. The number of aliphatic hydroxyl groups excluding tert-OH is 1. The molecule has 2 aromatic carbocycles. The summed E-state index contributed by atoms with van der Waals surface area (Å²) >= 11 is 7.50. The van der Waals surface area contributed by atoms with E-state index in [0.29, 0.717) is 34.4 Å². The second-order valence-electron chi connectivity index (χ2n) is 7.83. The van der Waals surface area contributed by atoms with Gasteiger partial charge in [0, 0.05) is 11.8 Å². The van der Waals surface area contributed by atoms with Crippen molar-refractivity contribution < 1.29 is 24.2 Å². The van der Waals surface area contributed by atoms with Crippen molar-refractivity contribution in [1.29, 1.82) is 0 Å². The van der Waals surface area contributed by atoms with Gasteiger partial charge in [-0.3, -0.25) is 19.5 Å². The number of thiazole rings is 1. The highest BCUT2D eigenvalue weighted by Crippen LogP contribution is 2.44. The van der Waals surface area contributed by atoms with E-state index < -0.39 is 17.7 Å². The van der Waals surface area contributed by atoms with Gasteiger partial charge in [-0.05, 0) is 55.5 Å². The van der Waals surface area contributed by atoms with Gasteiger partial charge in [-0.2, -0.15) is 0 Å². The van der Waals surface area contributed by atoms with Gasteiger partial charge in [-0.25, -0.2) is 4.98 Å². The highest BCUT2D eigenvalue weighted by Gasteiger charge is 2.48. The molecule has 36 heavy (non-hydrogen) atoms. The molecule has 1 N–H and O–H groups in total. The molecule has 182 valence electrons. The van der Waals surface area contributed by atoms with E-state index in [2.05, 4.69) is 9.97 Å². The molecule has 1 atom stereocenters. The van der Waals surface area contributed by atoms with E-state index in [1.807, 2.05) is 13.0 Å². The molecule has 4 aromatic rings. The molecule has 1 aliphatic rings. The normalized spacial score (nSPS) is 17.1. The van der Waals surface area contributed by atoms with Crippen LogP contribution in [-0.4, -0.2) is 40.5 Å². The van der Waals surface area contributed by atoms with E-state index in [1.54, 1.807) is 48.7 Å². The fraction of sp³-hybridized carbons (Fsp3) is 0.154. The number of pyridine rings is 1. The van der Waals surface area contributed by atoms with Crippen LogP contribution in [-0.2, 0) is 9.59 Å². The molecule has 0 aliphatic carbocycles. The number of benzene rings is 2. The van der Waals surface area contributed by atoms with E-state index in [1.165, 1.54) is 29.4 Å². The summed E-state index contributed by atoms with van der Waals surface area (Å²) in [5.74, 6) is -0.924. The molecule has 1 saturated heterocycles. The summed E-state index contributed by atoms with van der Waals surface area (Å²) in [5.41, 5.74) is 1.23. The van der Waals surface area contributed by atoms with Crippen molar-refractivity contribution in [3.8, 4) is 11.5 Å². The Balaban J connectivity index is 1.68. The van der Waals surface area contributed by atoms with Crippen LogP contribution in [0.3, 0.4) is 0 Å². The zero-order valence-corrected chi connectivity index (χ0v) is 20.8. The van der Waals surface area contributed by atoms with Crippen LogP contribution in [0, 0.1) is 0 Å². The maximum atomic E-state index is 13.3. The smallest absolute Gasteiger partial charge is 0.301 e. The molecule has 3 heterocycles. The third kappa shape index (κ3) is 4.06. The SMILES string of the molecule is CCOc1ccc2nc(N3C(=O)C(=O)/C(=C(/O)c4ccc(OC)c(Cl)c4)C3c3ccccn3)sc2c1. The summed E-state index contributed by atoms with van der Waals surface area (Å²) in [6.07, 6.45) is 1.56. The molecule has 0 bridgehead atoms. The number of aliphatic hydroxyl groups is 1. The van der Waals surface area contributed by atoms with Gasteiger partial charge in [0.15, 0.2) is 5.13 Å². The van der Waals surface area contributed by atoms with Crippen LogP contribution in [0.25, 0.3) is 16.0 Å². The Morgan fingerprint density at radius 3 is 2.69 bits per heavy atom. The molecule has 2 aromatic heterocycles. The molecular formula is C26H20ClN3O5S. The lowest BCUT2D eigenvalue weighted by atomic mass is 9.98. The predicted molar refractivity (Wildman–Crippen MR) is 138 cm³/mol. The van der Waals surface area contributed by atoms with Crippen molar-refractivity contribution in [3.63, 3.8) is 0 Å². The highest BCUT2D eigenvalue weighted by atomic mass is 35.5. The maximum absolute atomic E-state index is 13.3. The number of carbonyl (C=O) groups excluding carboxylic acids is 2. The highest BCUT2D eigenvalue weighted by molar-refractivity contribution is 7.22. The van der Waals surface area contributed by atoms with Crippen molar-refractivity contribution in [1.82, 2.24) is 9.97 Å². The summed E-state index contributed by atoms with van der Waals surface area (Å²) in [6.45, 7) is 2.41. The first kappa shape index (κ1) is 23.8. The van der Waals surface area contributed by atoms with Crippen LogP contribution >= 0.6 is 22.9 Å². The van der Waals surface area contributed by atoms with Crippen molar-refractivity contribution in [3.05, 3.63) is 82.6 Å². The molecule has 1 unspecified atom stereocenters. The first-order valence-corrected chi connectivity index (χ1v) is 12.2. The average Bonchev–Trinajstić information content (AvgIpc) is 3.42. The number of aromatic nitrogens is 2. The van der Waals surface area contributed by atoms with E-state index in [4.69, 9.17) is 21.1 Å². The number of hydrogen-bond donors (Lipinski definition) is 1. The molecule has 10 heteroatoms. The number of halogens is 1. The average molecular weight is 522 g/mol. The van der Waals surface area contributed by atoms with E-state index >= 15 is 0 Å². The Morgan fingerprint density at radius 1 is 1.17 bits per heavy atom. The molecular weight excluding hydrogens is 502 g/mol. The van der Waals surface area contributed by atoms with Gasteiger partial charge in [-0.1, -0.05) is 29.0 Å². The van der Waals surface area contributed by atoms with Crippen LogP contribution in [0.5, 0.6) is 11.5 Å². The second-order valence-corrected chi connectivity index (χ2v) is 9.25. The first-order valence-electron chi connectivity index (χ1n) is 11.0. The lowest BCUT2D eigenvalue weighted by Crippen LogP contribution is -2.29. The third-order valence-corrected chi connectivity index (χ3v) is 7.02. The third-order valence-electron chi connectivity index (χ3n) is 5.70. The fourth-order valence-electron chi connectivity index (χ4n) is 4.07. The van der Waals surface area contributed by atoms with Crippen LogP contribution < -0.4 is 14.4 Å². The number of nitrogens with zero attached hydrogens (tertiary/aromatic N) is 3. The molecule has 8 nitrogen and oxygen atoms in total. The lowest BCUT2D eigenvalue weighted by molar-refractivity contribution is -0.132. The summed E-state index contributed by atoms with van der Waals surface area (Å²) in [7, 11) is 1.47. The number of hydrogen-bond acceptors (Lipinski definition) is 8. The zero-order chi connectivity index (χ0) is 25.4. The first-order chi connectivity index (χ1) is 17.4. The van der Waals surface area contributed by atoms with Crippen molar-refractivity contribution in [2.45, 2.75) is 13.0 Å². The van der Waals surface area contributed by atoms with E-state index in [9.17, 15) is 14.7 Å². The van der Waals surface area contributed by atoms with Gasteiger partial charge in [0.2, 0.25) is 0 Å². The Morgan fingerprint density at radius 2 is 2.00 bits per heavy atom. The number of ketones is 1. The largest absolute Gasteiger partial charge is 0.507 e. The Hall–Kier alpha value is -3.95. The lowest BCUT2D eigenvalue weighted by Gasteiger charge is -2.22. The van der Waals surface area contributed by atoms with Crippen LogP contribution in [0.4, 0.5) is 5.13 Å². The predicted octanol–water partition coefficient (Wildman–Crippen LogP) is 5.38. The second kappa shape index (κ2) is 9.60. The van der Waals surface area contributed by atoms with Crippen LogP contribution in [0.2, 0.25) is 5.02 Å². The molecule has 0 spiro atoms. The van der Waals surface area contributed by atoms with Gasteiger partial charge < -0.3 is 14.6 Å². The number of amides is 1. The van der Waals surface area contributed by atoms with Crippen molar-refractivity contribution >= 4 is 55.7 Å². The van der Waals surface area contributed by atoms with Gasteiger partial charge >= 0.3 is 5.91 Å². The summed E-state index contributed by atoms with van der Waals surface area (Å²) < 4.78 is 11.5. The minimum Gasteiger partial charge on any atom is -0.507 e. The number of rotatable bonds is 6. The zero-order valence-electron chi connectivity index (χ0n) is 19.3. The Kier molecular flexibility index (Phi) is 6.34. The number of anilines is 1. The van der Waals surface area contributed by atoms with Gasteiger partial charge in [-0.15, -0.1) is 0 Å². The Bertz CT molecular complexity index is 1520. The fourth-order valence-corrected chi connectivity index (χ4v) is 5.35. The molecule has 1 aliphatic heterocycles. The Labute approximate surface area is 215 Å². The van der Waals surface area contributed by atoms with E-state index in [0.717, 1.165) is 4.70 Å². The molecule has 5 rings (SSSR count). The standard InChI is InChI=1S/C26H20ClN3O5S/c1-3-35-15-8-9-17-20(13-15)36-26(29-17)30-22(18-6-4-5-11-28-18)21(24(32)25(30)33)23(31)14-7-10-19(34-2)16(27)12-14/h4-13,22,31H,3H2,1-2H3/b23-21+. The minimum atomic E-state index is -0.987. The molecule has 1 amide bonds. The molecule has 1 fully saturated rings. The monoisotopic (exact) mass is 521 g/mol. The molecule has 0 saturated carbocycles. The van der Waals surface area contributed by atoms with Gasteiger partial charge in [0.25, 0.3) is 5.78 Å². The van der Waals surface area contributed by atoms with Gasteiger partial charge in [0.05, 0.1) is 40.2 Å². The van der Waals surface area contributed by atoms with Crippen molar-refractivity contribution in [2.75, 3.05) is 18.6 Å². The van der Waals surface area contributed by atoms with Crippen LogP contribution in [0.15, 0.2) is 66.4 Å². The van der Waals surface area contributed by atoms with Crippen molar-refractivity contribution in [2.24, 2.45) is 0 Å². The minimum absolute atomic E-state index is 0.103. The number of carbonyl (C=O) groups is 2. The number of fused-ring (bicyclic) bond motifs is 1. The molecule has 0 radical (unpaired) electrons. The quantitative estimate of drug-likeness (QED) is 0.206. The van der Waals surface area contributed by atoms with Crippen LogP contribution in [0.1, 0.15) is 24.2 Å².